The first-order chi connectivity index (χ1) is 10.8. The van der Waals surface area contributed by atoms with Gasteiger partial charge in [0, 0.05) is 18.2 Å². The Kier molecular flexibility index (Phi) is 7.16. The van der Waals surface area contributed by atoms with Crippen LogP contribution in [0.25, 0.3) is 0 Å². The molecular weight excluding hydrogens is 296 g/mol. The van der Waals surface area contributed by atoms with Gasteiger partial charge in [0.1, 0.15) is 17.1 Å². The minimum absolute atomic E-state index is 0.478. The minimum Gasteiger partial charge on any atom is -0.497 e. The Morgan fingerprint density at radius 3 is 2.22 bits per heavy atom. The summed E-state index contributed by atoms with van der Waals surface area (Å²) < 4.78 is 16.0. The van der Waals surface area contributed by atoms with Crippen LogP contribution in [0.4, 0.5) is 4.79 Å². The highest BCUT2D eigenvalue weighted by Crippen LogP contribution is 2.32. The molecule has 1 aromatic rings. The number of carbonyl (C=O) groups is 1. The Morgan fingerprint density at radius 1 is 1.17 bits per heavy atom. The van der Waals surface area contributed by atoms with Crippen LogP contribution in [0.3, 0.4) is 0 Å². The van der Waals surface area contributed by atoms with E-state index in [9.17, 15) is 4.79 Å². The summed E-state index contributed by atoms with van der Waals surface area (Å²) >= 11 is 0. The molecule has 1 unspecified atom stereocenters. The lowest BCUT2D eigenvalue weighted by atomic mass is 9.97. The van der Waals surface area contributed by atoms with Gasteiger partial charge in [0.15, 0.2) is 0 Å². The second-order valence-electron chi connectivity index (χ2n) is 6.02. The number of methoxy groups -OCH3 is 2. The molecule has 1 amide bonds. The van der Waals surface area contributed by atoms with Gasteiger partial charge >= 0.3 is 6.09 Å². The van der Waals surface area contributed by atoms with Crippen LogP contribution in [-0.2, 0) is 10.3 Å². The Hall–Kier alpha value is -1.95. The van der Waals surface area contributed by atoms with Gasteiger partial charge in [0.25, 0.3) is 0 Å². The first kappa shape index (κ1) is 19.1. The molecule has 0 aromatic heterocycles. The smallest absolute Gasteiger partial charge is 0.422 e. The van der Waals surface area contributed by atoms with E-state index in [2.05, 4.69) is 24.7 Å². The highest BCUT2D eigenvalue weighted by molar-refractivity contribution is 5.67. The molecule has 130 valence electrons. The fourth-order valence-corrected chi connectivity index (χ4v) is 1.91. The van der Waals surface area contributed by atoms with Crippen molar-refractivity contribution >= 4 is 6.09 Å². The van der Waals surface area contributed by atoms with Crippen molar-refractivity contribution in [3.8, 4) is 11.5 Å². The first-order valence-electron chi connectivity index (χ1n) is 7.77. The van der Waals surface area contributed by atoms with E-state index < -0.39 is 11.7 Å². The number of nitrogens with one attached hydrogen (secondary N) is 2. The molecule has 0 spiro atoms. The maximum Gasteiger partial charge on any atom is 0.422 e. The topological polar surface area (TPSA) is 68.8 Å². The Morgan fingerprint density at radius 2 is 1.74 bits per heavy atom. The number of amides is 1. The number of ether oxygens (including phenoxy) is 3. The van der Waals surface area contributed by atoms with Gasteiger partial charge in [-0.2, -0.15) is 0 Å². The lowest BCUT2D eigenvalue weighted by molar-refractivity contribution is 0.0332. The molecule has 6 nitrogen and oxygen atoms in total. The Bertz CT molecular complexity index is 495. The van der Waals surface area contributed by atoms with Crippen LogP contribution in [0.1, 0.15) is 39.7 Å². The third kappa shape index (κ3) is 5.98. The highest BCUT2D eigenvalue weighted by atomic mass is 16.6. The summed E-state index contributed by atoms with van der Waals surface area (Å²) in [6, 6.07) is 5.41. The van der Waals surface area contributed by atoms with Gasteiger partial charge in [-0.1, -0.05) is 20.3 Å². The van der Waals surface area contributed by atoms with E-state index in [4.69, 9.17) is 14.2 Å². The molecule has 1 rings (SSSR count). The predicted octanol–water partition coefficient (Wildman–Crippen LogP) is 3.22. The monoisotopic (exact) mass is 324 g/mol. The van der Waals surface area contributed by atoms with Crippen LogP contribution in [0.2, 0.25) is 0 Å². The van der Waals surface area contributed by atoms with Gasteiger partial charge in [-0.15, -0.1) is 0 Å². The van der Waals surface area contributed by atoms with Gasteiger partial charge < -0.3 is 14.2 Å². The molecule has 0 saturated carbocycles. The molecule has 2 N–H and O–H groups in total. The van der Waals surface area contributed by atoms with Crippen LogP contribution in [0, 0.1) is 5.92 Å². The molecule has 0 heterocycles. The molecule has 6 heteroatoms. The number of hydrogen-bond acceptors (Lipinski definition) is 5. The second kappa shape index (κ2) is 8.62. The van der Waals surface area contributed by atoms with Crippen LogP contribution < -0.4 is 20.3 Å². The van der Waals surface area contributed by atoms with Gasteiger partial charge in [-0.05, 0) is 31.9 Å². The van der Waals surface area contributed by atoms with Crippen molar-refractivity contribution in [1.82, 2.24) is 10.9 Å². The molecule has 0 radical (unpaired) electrons. The third-order valence-corrected chi connectivity index (χ3v) is 3.73. The molecule has 0 fully saturated rings. The molecule has 0 saturated heterocycles. The van der Waals surface area contributed by atoms with Crippen molar-refractivity contribution in [3.63, 3.8) is 0 Å². The number of carbonyl (C=O) groups excluding carboxylic acids is 1. The number of rotatable bonds is 8. The summed E-state index contributed by atoms with van der Waals surface area (Å²) in [5.41, 5.74) is 5.39. The summed E-state index contributed by atoms with van der Waals surface area (Å²) in [5.74, 6) is 1.77. The van der Waals surface area contributed by atoms with E-state index in [0.717, 1.165) is 12.0 Å². The highest BCUT2D eigenvalue weighted by Gasteiger charge is 2.27. The van der Waals surface area contributed by atoms with Gasteiger partial charge in [0.05, 0.1) is 14.2 Å². The largest absolute Gasteiger partial charge is 0.497 e. The number of hydrogen-bond donors (Lipinski definition) is 2. The number of hydrazine groups is 1. The van der Waals surface area contributed by atoms with E-state index in [0.29, 0.717) is 24.0 Å². The van der Waals surface area contributed by atoms with Crippen molar-refractivity contribution in [3.05, 3.63) is 23.8 Å². The van der Waals surface area contributed by atoms with E-state index in [1.807, 2.05) is 26.0 Å². The van der Waals surface area contributed by atoms with Crippen LogP contribution in [0.5, 0.6) is 11.5 Å². The molecule has 0 aliphatic carbocycles. The maximum absolute atomic E-state index is 12.0. The van der Waals surface area contributed by atoms with Crippen LogP contribution >= 0.6 is 0 Å². The molecule has 0 aliphatic heterocycles. The maximum atomic E-state index is 12.0. The zero-order valence-corrected chi connectivity index (χ0v) is 14.9. The lowest BCUT2D eigenvalue weighted by Gasteiger charge is -2.26. The van der Waals surface area contributed by atoms with Gasteiger partial charge in [-0.25, -0.2) is 10.2 Å². The Balaban J connectivity index is 2.72. The molecule has 1 aromatic carbocycles. The molecule has 23 heavy (non-hydrogen) atoms. The normalized spacial score (nSPS) is 12.4. The molecular formula is C17H28N2O4. The van der Waals surface area contributed by atoms with Crippen LogP contribution in [0.15, 0.2) is 18.2 Å². The summed E-state index contributed by atoms with van der Waals surface area (Å²) in [6.45, 7) is 8.53. The predicted molar refractivity (Wildman–Crippen MR) is 89.6 cm³/mol. The summed E-state index contributed by atoms with van der Waals surface area (Å²) in [6.07, 6.45) is 0.513. The molecule has 1 atom stereocenters. The summed E-state index contributed by atoms with van der Waals surface area (Å²) in [7, 11) is 3.16. The summed E-state index contributed by atoms with van der Waals surface area (Å²) in [5, 5.41) is 0. The summed E-state index contributed by atoms with van der Waals surface area (Å²) in [4.78, 5) is 12.0. The van der Waals surface area contributed by atoms with Crippen molar-refractivity contribution in [2.45, 2.75) is 39.7 Å². The average molecular weight is 324 g/mol. The molecule has 0 bridgehead atoms. The van der Waals surface area contributed by atoms with Gasteiger partial charge in [0.2, 0.25) is 0 Å². The standard InChI is InChI=1S/C17H28N2O4/c1-7-12(2)11-18-19-16(20)23-17(3,4)13-8-14(21-5)10-15(9-13)22-6/h8-10,12,18H,7,11H2,1-6H3,(H,19,20). The van der Waals surface area contributed by atoms with E-state index in [1.54, 1.807) is 20.3 Å². The van der Waals surface area contributed by atoms with E-state index in [1.165, 1.54) is 0 Å². The molecule has 0 aliphatic rings. The van der Waals surface area contributed by atoms with E-state index in [-0.39, 0.29) is 0 Å². The van der Waals surface area contributed by atoms with Crippen LogP contribution in [-0.4, -0.2) is 26.9 Å². The third-order valence-electron chi connectivity index (χ3n) is 3.73. The quantitative estimate of drug-likeness (QED) is 0.719. The Labute approximate surface area is 138 Å². The van der Waals surface area contributed by atoms with Crippen molar-refractivity contribution in [2.24, 2.45) is 5.92 Å². The van der Waals surface area contributed by atoms with Crippen molar-refractivity contribution in [2.75, 3.05) is 20.8 Å². The number of benzene rings is 1. The van der Waals surface area contributed by atoms with Crippen molar-refractivity contribution in [1.29, 1.82) is 0 Å². The first-order valence-corrected chi connectivity index (χ1v) is 7.77. The van der Waals surface area contributed by atoms with Crippen molar-refractivity contribution < 1.29 is 19.0 Å². The zero-order chi connectivity index (χ0) is 17.5. The van der Waals surface area contributed by atoms with E-state index >= 15 is 0 Å². The minimum atomic E-state index is -0.829. The zero-order valence-electron chi connectivity index (χ0n) is 14.9. The average Bonchev–Trinajstić information content (AvgIpc) is 2.53. The fraction of sp³-hybridized carbons (Fsp3) is 0.588. The fourth-order valence-electron chi connectivity index (χ4n) is 1.91. The SMILES string of the molecule is CCC(C)CNNC(=O)OC(C)(C)c1cc(OC)cc(OC)c1. The lowest BCUT2D eigenvalue weighted by Crippen LogP contribution is -2.42. The second-order valence-corrected chi connectivity index (χ2v) is 6.02. The van der Waals surface area contributed by atoms with Gasteiger partial charge in [-0.3, -0.25) is 5.43 Å².